The Morgan fingerprint density at radius 2 is 2.13 bits per heavy atom. The molecule has 0 spiro atoms. The highest BCUT2D eigenvalue weighted by molar-refractivity contribution is 7.98. The highest BCUT2D eigenvalue weighted by Crippen LogP contribution is 2.31. The van der Waals surface area contributed by atoms with Crippen molar-refractivity contribution < 1.29 is 4.79 Å². The highest BCUT2D eigenvalue weighted by Gasteiger charge is 2.24. The number of tetrazole rings is 1. The molecule has 0 saturated heterocycles. The van der Waals surface area contributed by atoms with E-state index in [-0.39, 0.29) is 11.7 Å². The topological polar surface area (TPSA) is 60.7 Å². The van der Waals surface area contributed by atoms with Crippen LogP contribution < -0.4 is 0 Å². The Morgan fingerprint density at radius 3 is 2.83 bits per heavy atom. The zero-order chi connectivity index (χ0) is 16.2. The minimum Gasteiger partial charge on any atom is -0.294 e. The molecule has 0 amide bonds. The monoisotopic (exact) mass is 350 g/mol. The van der Waals surface area contributed by atoms with Crippen molar-refractivity contribution >= 4 is 29.1 Å². The lowest BCUT2D eigenvalue weighted by Gasteiger charge is -2.21. The molecule has 122 valence electrons. The number of hydrogen-bond acceptors (Lipinski definition) is 5. The zero-order valence-electron chi connectivity index (χ0n) is 13.0. The summed E-state index contributed by atoms with van der Waals surface area (Å²) in [6.07, 6.45) is 5.55. The van der Waals surface area contributed by atoms with Crippen LogP contribution in [0.2, 0.25) is 5.02 Å². The fourth-order valence-corrected chi connectivity index (χ4v) is 4.03. The molecule has 23 heavy (non-hydrogen) atoms. The maximum absolute atomic E-state index is 12.9. The Morgan fingerprint density at radius 1 is 1.35 bits per heavy atom. The SMILES string of the molecule is Cn1nnnc1SCc1cc(Cl)ccc1C(=O)C1CCCCC1. The Hall–Kier alpha value is -1.40. The van der Waals surface area contributed by atoms with Gasteiger partial charge in [-0.25, -0.2) is 4.68 Å². The molecule has 1 aromatic heterocycles. The van der Waals surface area contributed by atoms with Gasteiger partial charge in [-0.2, -0.15) is 0 Å². The molecule has 0 radical (unpaired) electrons. The van der Waals surface area contributed by atoms with Gasteiger partial charge in [0.1, 0.15) is 0 Å². The first-order valence-electron chi connectivity index (χ1n) is 7.83. The van der Waals surface area contributed by atoms with Crippen LogP contribution in [0.15, 0.2) is 23.4 Å². The van der Waals surface area contributed by atoms with E-state index >= 15 is 0 Å². The molecule has 1 fully saturated rings. The predicted octanol–water partition coefficient (Wildman–Crippen LogP) is 3.92. The second kappa shape index (κ2) is 7.45. The molecule has 7 heteroatoms. The van der Waals surface area contributed by atoms with Crippen molar-refractivity contribution in [2.24, 2.45) is 13.0 Å². The van der Waals surface area contributed by atoms with Gasteiger partial charge in [-0.1, -0.05) is 42.6 Å². The number of nitrogens with zero attached hydrogens (tertiary/aromatic N) is 4. The van der Waals surface area contributed by atoms with E-state index in [9.17, 15) is 4.79 Å². The van der Waals surface area contributed by atoms with E-state index in [1.54, 1.807) is 17.8 Å². The largest absolute Gasteiger partial charge is 0.294 e. The summed E-state index contributed by atoms with van der Waals surface area (Å²) in [5.41, 5.74) is 1.75. The molecule has 0 atom stereocenters. The fourth-order valence-electron chi connectivity index (χ4n) is 2.99. The van der Waals surface area contributed by atoms with Crippen molar-refractivity contribution in [3.8, 4) is 0 Å². The third kappa shape index (κ3) is 3.93. The summed E-state index contributed by atoms with van der Waals surface area (Å²) in [5.74, 6) is 1.04. The van der Waals surface area contributed by atoms with Gasteiger partial charge in [-0.15, -0.1) is 5.10 Å². The summed E-state index contributed by atoms with van der Waals surface area (Å²) in [5, 5.41) is 12.8. The minimum atomic E-state index is 0.158. The van der Waals surface area contributed by atoms with Gasteiger partial charge in [-0.05, 0) is 47.0 Å². The van der Waals surface area contributed by atoms with Crippen molar-refractivity contribution in [2.75, 3.05) is 0 Å². The Labute approximate surface area is 144 Å². The smallest absolute Gasteiger partial charge is 0.209 e. The minimum absolute atomic E-state index is 0.158. The molecule has 3 rings (SSSR count). The molecule has 1 aliphatic carbocycles. The summed E-state index contributed by atoms with van der Waals surface area (Å²) in [7, 11) is 1.80. The summed E-state index contributed by atoms with van der Waals surface area (Å²) < 4.78 is 1.62. The van der Waals surface area contributed by atoms with Crippen LogP contribution in [0.5, 0.6) is 0 Å². The average Bonchev–Trinajstić information content (AvgIpc) is 2.98. The summed E-state index contributed by atoms with van der Waals surface area (Å²) >= 11 is 7.64. The highest BCUT2D eigenvalue weighted by atomic mass is 35.5. The molecule has 1 aromatic carbocycles. The lowest BCUT2D eigenvalue weighted by Crippen LogP contribution is -2.19. The lowest BCUT2D eigenvalue weighted by atomic mass is 9.83. The molecule has 2 aromatic rings. The van der Waals surface area contributed by atoms with E-state index in [4.69, 9.17) is 11.6 Å². The molecular weight excluding hydrogens is 332 g/mol. The number of thioether (sulfide) groups is 1. The van der Waals surface area contributed by atoms with E-state index < -0.39 is 0 Å². The Kier molecular flexibility index (Phi) is 5.33. The quantitative estimate of drug-likeness (QED) is 0.604. The number of Topliss-reactive ketones (excluding diaryl/α,β-unsaturated/α-hetero) is 1. The Bertz CT molecular complexity index is 697. The number of hydrogen-bond donors (Lipinski definition) is 0. The molecule has 0 aliphatic heterocycles. The first kappa shape index (κ1) is 16.5. The average molecular weight is 351 g/mol. The molecule has 1 saturated carbocycles. The van der Waals surface area contributed by atoms with E-state index in [1.807, 2.05) is 12.1 Å². The van der Waals surface area contributed by atoms with Crippen molar-refractivity contribution in [3.63, 3.8) is 0 Å². The number of ketones is 1. The van der Waals surface area contributed by atoms with Crippen LogP contribution in [0.25, 0.3) is 0 Å². The molecule has 1 aliphatic rings. The summed E-state index contributed by atoms with van der Waals surface area (Å²) in [6.45, 7) is 0. The molecule has 0 bridgehead atoms. The van der Waals surface area contributed by atoms with Crippen molar-refractivity contribution in [1.82, 2.24) is 20.2 Å². The third-order valence-corrected chi connectivity index (χ3v) is 5.54. The first-order chi connectivity index (χ1) is 11.1. The van der Waals surface area contributed by atoms with E-state index in [1.165, 1.54) is 18.2 Å². The Balaban J connectivity index is 1.79. The third-order valence-electron chi connectivity index (χ3n) is 4.25. The van der Waals surface area contributed by atoms with Crippen LogP contribution >= 0.6 is 23.4 Å². The number of benzene rings is 1. The van der Waals surface area contributed by atoms with Crippen LogP contribution in [0.3, 0.4) is 0 Å². The van der Waals surface area contributed by atoms with E-state index in [0.717, 1.165) is 42.0 Å². The van der Waals surface area contributed by atoms with Gasteiger partial charge >= 0.3 is 0 Å². The standard InChI is InChI=1S/C16H19ClN4OS/c1-21-16(18-19-20-21)23-10-12-9-13(17)7-8-14(12)15(22)11-5-3-2-4-6-11/h7-9,11H,2-6,10H2,1H3. The molecule has 0 unspecified atom stereocenters. The summed E-state index contributed by atoms with van der Waals surface area (Å²) in [4.78, 5) is 12.9. The van der Waals surface area contributed by atoms with Crippen LogP contribution in [0.1, 0.15) is 48.0 Å². The lowest BCUT2D eigenvalue weighted by molar-refractivity contribution is 0.0889. The summed E-state index contributed by atoms with van der Waals surface area (Å²) in [6, 6.07) is 5.55. The van der Waals surface area contributed by atoms with Crippen molar-refractivity contribution in [2.45, 2.75) is 43.0 Å². The first-order valence-corrected chi connectivity index (χ1v) is 9.19. The van der Waals surface area contributed by atoms with Crippen LogP contribution in [0, 0.1) is 5.92 Å². The second-order valence-electron chi connectivity index (χ2n) is 5.87. The van der Waals surface area contributed by atoms with Gasteiger partial charge in [0.05, 0.1) is 0 Å². The maximum atomic E-state index is 12.9. The maximum Gasteiger partial charge on any atom is 0.209 e. The predicted molar refractivity (Wildman–Crippen MR) is 90.7 cm³/mol. The number of rotatable bonds is 5. The number of aryl methyl sites for hydroxylation is 1. The van der Waals surface area contributed by atoms with Crippen molar-refractivity contribution in [3.05, 3.63) is 34.3 Å². The van der Waals surface area contributed by atoms with Gasteiger partial charge in [-0.3, -0.25) is 4.79 Å². The molecular formula is C16H19ClN4OS. The molecule has 0 N–H and O–H groups in total. The number of halogens is 1. The van der Waals surface area contributed by atoms with Crippen LogP contribution in [0.4, 0.5) is 0 Å². The van der Waals surface area contributed by atoms with Gasteiger partial charge in [0, 0.05) is 29.3 Å². The van der Waals surface area contributed by atoms with Gasteiger partial charge in [0.25, 0.3) is 0 Å². The fraction of sp³-hybridized carbons (Fsp3) is 0.500. The second-order valence-corrected chi connectivity index (χ2v) is 7.25. The van der Waals surface area contributed by atoms with Crippen LogP contribution in [-0.2, 0) is 12.8 Å². The van der Waals surface area contributed by atoms with Crippen LogP contribution in [-0.4, -0.2) is 26.0 Å². The number of carbonyl (C=O) groups is 1. The normalized spacial score (nSPS) is 15.7. The van der Waals surface area contributed by atoms with Crippen molar-refractivity contribution in [1.29, 1.82) is 0 Å². The van der Waals surface area contributed by atoms with Gasteiger partial charge in [0.2, 0.25) is 5.16 Å². The van der Waals surface area contributed by atoms with Gasteiger partial charge < -0.3 is 0 Å². The molecule has 5 nitrogen and oxygen atoms in total. The number of carbonyl (C=O) groups excluding carboxylic acids is 1. The zero-order valence-corrected chi connectivity index (χ0v) is 14.6. The number of aromatic nitrogens is 4. The van der Waals surface area contributed by atoms with Gasteiger partial charge in [0.15, 0.2) is 5.78 Å². The van der Waals surface area contributed by atoms with E-state index in [0.29, 0.717) is 10.8 Å². The van der Waals surface area contributed by atoms with E-state index in [2.05, 4.69) is 15.5 Å². The molecule has 1 heterocycles.